The first-order chi connectivity index (χ1) is 8.26. The number of carbonyl (C=O) groups is 1. The topological polar surface area (TPSA) is 26.3 Å². The van der Waals surface area contributed by atoms with Crippen molar-refractivity contribution in [3.63, 3.8) is 0 Å². The summed E-state index contributed by atoms with van der Waals surface area (Å²) in [7, 11) is 0. The molecule has 0 radical (unpaired) electrons. The summed E-state index contributed by atoms with van der Waals surface area (Å²) in [6.45, 7) is 4.55. The van der Waals surface area contributed by atoms with E-state index in [0.29, 0.717) is 13.0 Å². The maximum Gasteiger partial charge on any atom is 0.309 e. The Balaban J connectivity index is 2.48. The zero-order valence-corrected chi connectivity index (χ0v) is 11.3. The average molecular weight is 238 g/mol. The fourth-order valence-electron chi connectivity index (χ4n) is 2.49. The molecule has 0 spiro atoms. The summed E-state index contributed by atoms with van der Waals surface area (Å²) in [5.74, 6) is 0.657. The molecule has 0 aromatic heterocycles. The van der Waals surface area contributed by atoms with Crippen LogP contribution in [0.3, 0.4) is 0 Å². The minimum Gasteiger partial charge on any atom is -0.466 e. The second-order valence-electron chi connectivity index (χ2n) is 4.95. The Bertz CT molecular complexity index is 250. The minimum atomic E-state index is -0.0622. The third-order valence-electron chi connectivity index (χ3n) is 3.40. The monoisotopic (exact) mass is 238 g/mol. The van der Waals surface area contributed by atoms with Crippen LogP contribution in [-0.4, -0.2) is 12.6 Å². The van der Waals surface area contributed by atoms with Crippen LogP contribution < -0.4 is 0 Å². The number of allylic oxidation sites excluding steroid dienone is 1. The van der Waals surface area contributed by atoms with Crippen molar-refractivity contribution in [1.29, 1.82) is 0 Å². The Morgan fingerprint density at radius 3 is 2.59 bits per heavy atom. The van der Waals surface area contributed by atoms with Gasteiger partial charge in [-0.25, -0.2) is 0 Å². The number of carbonyl (C=O) groups excluding carboxylic acids is 1. The van der Waals surface area contributed by atoms with Gasteiger partial charge in [-0.2, -0.15) is 0 Å². The van der Waals surface area contributed by atoms with Gasteiger partial charge in [-0.15, -0.1) is 0 Å². The number of ether oxygens (including phenoxy) is 1. The van der Waals surface area contributed by atoms with Crippen molar-refractivity contribution in [2.24, 2.45) is 5.92 Å². The maximum atomic E-state index is 11.5. The van der Waals surface area contributed by atoms with Crippen LogP contribution in [0.1, 0.15) is 65.2 Å². The molecular formula is C15H26O2. The van der Waals surface area contributed by atoms with Gasteiger partial charge in [0.15, 0.2) is 0 Å². The molecular weight excluding hydrogens is 212 g/mol. The van der Waals surface area contributed by atoms with Gasteiger partial charge in [0.05, 0.1) is 13.0 Å². The first-order valence-electron chi connectivity index (χ1n) is 7.11. The van der Waals surface area contributed by atoms with E-state index in [-0.39, 0.29) is 5.97 Å². The summed E-state index contributed by atoms with van der Waals surface area (Å²) in [5.41, 5.74) is 1.30. The van der Waals surface area contributed by atoms with E-state index < -0.39 is 0 Å². The molecule has 98 valence electrons. The molecule has 0 unspecified atom stereocenters. The molecule has 0 N–H and O–H groups in total. The molecule has 0 aliphatic heterocycles. The van der Waals surface area contributed by atoms with Gasteiger partial charge in [-0.3, -0.25) is 4.79 Å². The van der Waals surface area contributed by atoms with Crippen molar-refractivity contribution >= 4 is 5.97 Å². The Morgan fingerprint density at radius 1 is 1.29 bits per heavy atom. The zero-order valence-electron chi connectivity index (χ0n) is 11.3. The number of unbranched alkanes of at least 4 members (excludes halogenated alkanes) is 1. The third-order valence-corrected chi connectivity index (χ3v) is 3.40. The van der Waals surface area contributed by atoms with Crippen LogP contribution in [-0.2, 0) is 9.53 Å². The zero-order chi connectivity index (χ0) is 12.5. The molecule has 0 bridgehead atoms. The molecule has 1 aliphatic carbocycles. The summed E-state index contributed by atoms with van der Waals surface area (Å²) in [6, 6.07) is 0. The van der Waals surface area contributed by atoms with Gasteiger partial charge in [-0.05, 0) is 38.5 Å². The standard InChI is InChI=1S/C15H26O2/c1-3-5-8-14(12-15(16)17-4-2)11-13-9-6-7-10-13/h11,13H,3-10,12H2,1-2H3. The summed E-state index contributed by atoms with van der Waals surface area (Å²) < 4.78 is 5.04. The summed E-state index contributed by atoms with van der Waals surface area (Å²) in [5, 5.41) is 0. The van der Waals surface area contributed by atoms with E-state index in [0.717, 1.165) is 12.3 Å². The van der Waals surface area contributed by atoms with E-state index in [2.05, 4.69) is 13.0 Å². The highest BCUT2D eigenvalue weighted by Crippen LogP contribution is 2.28. The second-order valence-corrected chi connectivity index (χ2v) is 4.95. The van der Waals surface area contributed by atoms with Crippen molar-refractivity contribution in [3.8, 4) is 0 Å². The lowest BCUT2D eigenvalue weighted by atomic mass is 9.98. The quantitative estimate of drug-likeness (QED) is 0.489. The molecule has 0 atom stereocenters. The second kappa shape index (κ2) is 8.32. The van der Waals surface area contributed by atoms with Crippen LogP contribution in [0.4, 0.5) is 0 Å². The maximum absolute atomic E-state index is 11.5. The van der Waals surface area contributed by atoms with Crippen molar-refractivity contribution in [2.75, 3.05) is 6.61 Å². The van der Waals surface area contributed by atoms with Crippen LogP contribution in [0.15, 0.2) is 11.6 Å². The van der Waals surface area contributed by atoms with Gasteiger partial charge >= 0.3 is 5.97 Å². The van der Waals surface area contributed by atoms with E-state index in [1.165, 1.54) is 44.1 Å². The van der Waals surface area contributed by atoms with Crippen LogP contribution in [0.5, 0.6) is 0 Å². The molecule has 1 rings (SSSR count). The smallest absolute Gasteiger partial charge is 0.309 e. The molecule has 0 heterocycles. The lowest BCUT2D eigenvalue weighted by molar-refractivity contribution is -0.142. The summed E-state index contributed by atoms with van der Waals surface area (Å²) in [4.78, 5) is 11.5. The highest BCUT2D eigenvalue weighted by Gasteiger charge is 2.15. The fourth-order valence-corrected chi connectivity index (χ4v) is 2.49. The lowest BCUT2D eigenvalue weighted by Gasteiger charge is -2.10. The number of hydrogen-bond acceptors (Lipinski definition) is 2. The molecule has 0 saturated heterocycles. The highest BCUT2D eigenvalue weighted by atomic mass is 16.5. The van der Waals surface area contributed by atoms with Crippen LogP contribution in [0.2, 0.25) is 0 Å². The lowest BCUT2D eigenvalue weighted by Crippen LogP contribution is -2.06. The third kappa shape index (κ3) is 5.90. The molecule has 1 saturated carbocycles. The van der Waals surface area contributed by atoms with Crippen molar-refractivity contribution in [2.45, 2.75) is 65.2 Å². The predicted octanol–water partition coefficient (Wildman–Crippen LogP) is 4.25. The molecule has 2 nitrogen and oxygen atoms in total. The molecule has 0 aromatic carbocycles. The van der Waals surface area contributed by atoms with E-state index in [4.69, 9.17) is 4.74 Å². The average Bonchev–Trinajstić information content (AvgIpc) is 2.79. The van der Waals surface area contributed by atoms with Gasteiger partial charge in [0.2, 0.25) is 0 Å². The molecule has 0 amide bonds. The SMILES string of the molecule is CCCCC(=CC1CCCC1)CC(=O)OCC. The highest BCUT2D eigenvalue weighted by molar-refractivity contribution is 5.72. The Labute approximate surface area is 105 Å². The number of hydrogen-bond donors (Lipinski definition) is 0. The van der Waals surface area contributed by atoms with Crippen molar-refractivity contribution in [3.05, 3.63) is 11.6 Å². The van der Waals surface area contributed by atoms with Gasteiger partial charge in [0.1, 0.15) is 0 Å². The van der Waals surface area contributed by atoms with Gasteiger partial charge in [0.25, 0.3) is 0 Å². The molecule has 2 heteroatoms. The van der Waals surface area contributed by atoms with E-state index in [1.807, 2.05) is 6.92 Å². The molecule has 1 fully saturated rings. The number of esters is 1. The number of rotatable bonds is 7. The Hall–Kier alpha value is -0.790. The van der Waals surface area contributed by atoms with E-state index in [1.54, 1.807) is 0 Å². The first kappa shape index (κ1) is 14.3. The molecule has 1 aliphatic rings. The minimum absolute atomic E-state index is 0.0622. The summed E-state index contributed by atoms with van der Waals surface area (Å²) >= 11 is 0. The van der Waals surface area contributed by atoms with Crippen molar-refractivity contribution in [1.82, 2.24) is 0 Å². The predicted molar refractivity (Wildman–Crippen MR) is 70.8 cm³/mol. The van der Waals surface area contributed by atoms with E-state index >= 15 is 0 Å². The summed E-state index contributed by atoms with van der Waals surface area (Å²) in [6.07, 6.45) is 11.6. The largest absolute Gasteiger partial charge is 0.466 e. The fraction of sp³-hybridized carbons (Fsp3) is 0.800. The van der Waals surface area contributed by atoms with Crippen LogP contribution in [0, 0.1) is 5.92 Å². The van der Waals surface area contributed by atoms with Gasteiger partial charge in [0, 0.05) is 0 Å². The Kier molecular flexibility index (Phi) is 6.99. The molecule has 0 aromatic rings. The normalized spacial score (nSPS) is 17.4. The van der Waals surface area contributed by atoms with E-state index in [9.17, 15) is 4.79 Å². The first-order valence-corrected chi connectivity index (χ1v) is 7.11. The van der Waals surface area contributed by atoms with Crippen LogP contribution in [0.25, 0.3) is 0 Å². The van der Waals surface area contributed by atoms with Crippen molar-refractivity contribution < 1.29 is 9.53 Å². The van der Waals surface area contributed by atoms with Crippen LogP contribution >= 0.6 is 0 Å². The molecule has 17 heavy (non-hydrogen) atoms. The Morgan fingerprint density at radius 2 is 2.00 bits per heavy atom. The van der Waals surface area contributed by atoms with Gasteiger partial charge in [-0.1, -0.05) is 37.8 Å². The van der Waals surface area contributed by atoms with Gasteiger partial charge < -0.3 is 4.74 Å².